The van der Waals surface area contributed by atoms with Gasteiger partial charge >= 0.3 is 24.3 Å². The molecule has 0 saturated carbocycles. The lowest BCUT2D eigenvalue weighted by molar-refractivity contribution is -0.221. The molecule has 0 aromatic carbocycles. The molecule has 0 saturated heterocycles. The second-order valence-corrected chi connectivity index (χ2v) is 1.67. The van der Waals surface area contributed by atoms with E-state index < -0.39 is 24.3 Å². The van der Waals surface area contributed by atoms with Crippen LogP contribution in [0.15, 0.2) is 0 Å². The SMILES string of the molecule is CC.O=C(OC(=O)C(F)(F)F)C(F)(F)F. The molecule has 0 aromatic rings. The van der Waals surface area contributed by atoms with Crippen molar-refractivity contribution in [2.24, 2.45) is 0 Å². The van der Waals surface area contributed by atoms with Crippen LogP contribution in [0.1, 0.15) is 13.8 Å². The molecule has 0 heterocycles. The lowest BCUT2D eigenvalue weighted by atomic mass is 10.6. The summed E-state index contributed by atoms with van der Waals surface area (Å²) in [6, 6.07) is 0. The van der Waals surface area contributed by atoms with Crippen molar-refractivity contribution >= 4 is 11.9 Å². The maximum atomic E-state index is 11.2. The Morgan fingerprint density at radius 3 is 1.13 bits per heavy atom. The van der Waals surface area contributed by atoms with Gasteiger partial charge in [-0.05, 0) is 0 Å². The zero-order valence-corrected chi connectivity index (χ0v) is 7.49. The fourth-order valence-electron chi connectivity index (χ4n) is 0.200. The molecule has 0 spiro atoms. The van der Waals surface area contributed by atoms with Crippen LogP contribution in [-0.2, 0) is 14.3 Å². The maximum absolute atomic E-state index is 11.2. The lowest BCUT2D eigenvalue weighted by Crippen LogP contribution is -2.34. The molecule has 3 nitrogen and oxygen atoms in total. The molecule has 0 amide bonds. The number of ether oxygens (including phenoxy) is 1. The van der Waals surface area contributed by atoms with Crippen molar-refractivity contribution in [3.8, 4) is 0 Å². The van der Waals surface area contributed by atoms with Crippen LogP contribution in [-0.4, -0.2) is 24.3 Å². The Morgan fingerprint density at radius 1 is 0.800 bits per heavy atom. The number of esters is 2. The minimum atomic E-state index is -5.62. The number of carbonyl (C=O) groups excluding carboxylic acids is 2. The number of hydrogen-bond acceptors (Lipinski definition) is 3. The van der Waals surface area contributed by atoms with Crippen LogP contribution in [0.25, 0.3) is 0 Å². The first-order chi connectivity index (χ1) is 6.55. The third-order valence-electron chi connectivity index (χ3n) is 0.648. The van der Waals surface area contributed by atoms with Gasteiger partial charge in [-0.2, -0.15) is 26.3 Å². The fraction of sp³-hybridized carbons (Fsp3) is 0.667. The minimum Gasteiger partial charge on any atom is -0.380 e. The molecule has 15 heavy (non-hydrogen) atoms. The van der Waals surface area contributed by atoms with E-state index >= 15 is 0 Å². The van der Waals surface area contributed by atoms with Crippen molar-refractivity contribution in [1.82, 2.24) is 0 Å². The first-order valence-electron chi connectivity index (χ1n) is 3.45. The van der Waals surface area contributed by atoms with Gasteiger partial charge in [-0.15, -0.1) is 0 Å². The molecule has 0 rings (SSSR count). The largest absolute Gasteiger partial charge is 0.491 e. The molecule has 0 atom stereocenters. The quantitative estimate of drug-likeness (QED) is 0.370. The summed E-state index contributed by atoms with van der Waals surface area (Å²) in [7, 11) is 0. The molecule has 9 heteroatoms. The molecule has 0 aliphatic carbocycles. The van der Waals surface area contributed by atoms with E-state index in [4.69, 9.17) is 0 Å². The van der Waals surface area contributed by atoms with Crippen molar-refractivity contribution in [3.05, 3.63) is 0 Å². The van der Waals surface area contributed by atoms with Gasteiger partial charge in [0.2, 0.25) is 0 Å². The van der Waals surface area contributed by atoms with Gasteiger partial charge in [0.05, 0.1) is 0 Å². The predicted molar refractivity (Wildman–Crippen MR) is 34.6 cm³/mol. The van der Waals surface area contributed by atoms with Gasteiger partial charge in [-0.3, -0.25) is 0 Å². The molecule has 0 aliphatic rings. The smallest absolute Gasteiger partial charge is 0.380 e. The molecule has 90 valence electrons. The first-order valence-corrected chi connectivity index (χ1v) is 3.45. The topological polar surface area (TPSA) is 43.4 Å². The van der Waals surface area contributed by atoms with E-state index in [9.17, 15) is 35.9 Å². The summed E-state index contributed by atoms with van der Waals surface area (Å²) in [6.07, 6.45) is -11.2. The summed E-state index contributed by atoms with van der Waals surface area (Å²) in [6.45, 7) is 4.00. The van der Waals surface area contributed by atoms with E-state index in [1.54, 1.807) is 0 Å². The summed E-state index contributed by atoms with van der Waals surface area (Å²) < 4.78 is 69.7. The Kier molecular flexibility index (Phi) is 6.00. The van der Waals surface area contributed by atoms with Crippen LogP contribution in [0.5, 0.6) is 0 Å². The van der Waals surface area contributed by atoms with E-state index in [-0.39, 0.29) is 0 Å². The van der Waals surface area contributed by atoms with Crippen LogP contribution < -0.4 is 0 Å². The summed E-state index contributed by atoms with van der Waals surface area (Å²) in [5.74, 6) is -6.40. The summed E-state index contributed by atoms with van der Waals surface area (Å²) in [4.78, 5) is 19.3. The Labute approximate surface area is 80.0 Å². The molecule has 0 aromatic heterocycles. The molecule has 0 unspecified atom stereocenters. The van der Waals surface area contributed by atoms with Crippen LogP contribution in [0.3, 0.4) is 0 Å². The Morgan fingerprint density at radius 2 is 1.00 bits per heavy atom. The van der Waals surface area contributed by atoms with E-state index in [2.05, 4.69) is 4.74 Å². The number of alkyl halides is 6. The second kappa shape index (κ2) is 5.56. The molecule has 0 aliphatic heterocycles. The molecule has 0 N–H and O–H groups in total. The molecule has 0 bridgehead atoms. The third kappa shape index (κ3) is 6.75. The Balaban J connectivity index is 0. The number of halogens is 6. The zero-order chi connectivity index (χ0) is 12.9. The summed E-state index contributed by atoms with van der Waals surface area (Å²) in [5.41, 5.74) is 0. The normalized spacial score (nSPS) is 11.2. The van der Waals surface area contributed by atoms with Gasteiger partial charge in [0.15, 0.2) is 0 Å². The van der Waals surface area contributed by atoms with Gasteiger partial charge < -0.3 is 4.74 Å². The summed E-state index contributed by atoms with van der Waals surface area (Å²) in [5, 5.41) is 0. The number of hydrogen-bond donors (Lipinski definition) is 0. The molecular formula is C6H6F6O3. The molecular weight excluding hydrogens is 234 g/mol. The van der Waals surface area contributed by atoms with Gasteiger partial charge in [0.1, 0.15) is 0 Å². The standard InChI is InChI=1S/C4F6O3.C2H6/c5-3(6,7)1(11)13-2(12)4(8,9)10;1-2/h;1-2H3. The number of carbonyl (C=O) groups is 2. The fourth-order valence-corrected chi connectivity index (χ4v) is 0.200. The van der Waals surface area contributed by atoms with Crippen molar-refractivity contribution in [3.63, 3.8) is 0 Å². The van der Waals surface area contributed by atoms with E-state index in [0.717, 1.165) is 0 Å². The highest BCUT2D eigenvalue weighted by molar-refractivity contribution is 5.90. The van der Waals surface area contributed by atoms with Crippen molar-refractivity contribution in [2.75, 3.05) is 0 Å². The third-order valence-corrected chi connectivity index (χ3v) is 0.648. The maximum Gasteiger partial charge on any atom is 0.491 e. The van der Waals surface area contributed by atoms with Gasteiger partial charge in [-0.1, -0.05) is 13.8 Å². The number of rotatable bonds is 0. The second-order valence-electron chi connectivity index (χ2n) is 1.67. The van der Waals surface area contributed by atoms with Crippen molar-refractivity contribution in [2.45, 2.75) is 26.2 Å². The average Bonchev–Trinajstić information content (AvgIpc) is 2.04. The predicted octanol–water partition coefficient (Wildman–Crippen LogP) is 2.21. The highest BCUT2D eigenvalue weighted by atomic mass is 19.4. The van der Waals surface area contributed by atoms with Crippen molar-refractivity contribution < 1.29 is 40.7 Å². The highest BCUT2D eigenvalue weighted by Gasteiger charge is 2.49. The van der Waals surface area contributed by atoms with Gasteiger partial charge in [0, 0.05) is 0 Å². The Hall–Kier alpha value is -1.28. The van der Waals surface area contributed by atoms with Gasteiger partial charge in [0.25, 0.3) is 0 Å². The van der Waals surface area contributed by atoms with Crippen LogP contribution in [0.4, 0.5) is 26.3 Å². The summed E-state index contributed by atoms with van der Waals surface area (Å²) >= 11 is 0. The lowest BCUT2D eigenvalue weighted by Gasteiger charge is -2.06. The minimum absolute atomic E-state index is 2.00. The van der Waals surface area contributed by atoms with E-state index in [0.29, 0.717) is 0 Å². The molecule has 0 radical (unpaired) electrons. The average molecular weight is 240 g/mol. The Bertz CT molecular complexity index is 204. The highest BCUT2D eigenvalue weighted by Crippen LogP contribution is 2.21. The molecule has 0 fully saturated rings. The van der Waals surface area contributed by atoms with Gasteiger partial charge in [-0.25, -0.2) is 9.59 Å². The zero-order valence-electron chi connectivity index (χ0n) is 7.49. The van der Waals surface area contributed by atoms with Crippen LogP contribution in [0.2, 0.25) is 0 Å². The van der Waals surface area contributed by atoms with Crippen LogP contribution >= 0.6 is 0 Å². The van der Waals surface area contributed by atoms with E-state index in [1.807, 2.05) is 13.8 Å². The monoisotopic (exact) mass is 240 g/mol. The van der Waals surface area contributed by atoms with E-state index in [1.165, 1.54) is 0 Å². The van der Waals surface area contributed by atoms with Crippen LogP contribution in [0, 0.1) is 0 Å². The van der Waals surface area contributed by atoms with Crippen molar-refractivity contribution in [1.29, 1.82) is 0 Å². The first kappa shape index (κ1) is 16.2.